The molecule has 0 unspecified atom stereocenters. The van der Waals surface area contributed by atoms with Gasteiger partial charge in [0.25, 0.3) is 0 Å². The molecule has 0 bridgehead atoms. The van der Waals surface area contributed by atoms with Gasteiger partial charge in [-0.25, -0.2) is 0 Å². The molecule has 1 heterocycles. The predicted molar refractivity (Wildman–Crippen MR) is 131 cm³/mol. The molecule has 1 aliphatic heterocycles. The van der Waals surface area contributed by atoms with E-state index in [0.717, 1.165) is 0 Å². The molecule has 0 saturated carbocycles. The standard InChI is InChI=1S/C27H30N2Si/c1-18-14-20(3)25(21(4)15-18)28-12-13-29(26-22(5)16-19(2)17-23(26)6)27(28)30-24-10-8-7-9-11-24/h7-17,27H,1-6H3. The average Bonchev–Trinajstić information content (AvgIpc) is 3.04. The van der Waals surface area contributed by atoms with Crippen LogP contribution in [0.1, 0.15) is 33.4 Å². The fraction of sp³-hybridized carbons (Fsp3) is 0.259. The Morgan fingerprint density at radius 1 is 0.600 bits per heavy atom. The minimum atomic E-state index is 0.229. The Labute approximate surface area is 183 Å². The maximum atomic E-state index is 2.48. The van der Waals surface area contributed by atoms with Crippen LogP contribution < -0.4 is 15.0 Å². The Bertz CT molecular complexity index is 988. The third-order valence-corrected chi connectivity index (χ3v) is 7.25. The van der Waals surface area contributed by atoms with Crippen molar-refractivity contribution in [3.63, 3.8) is 0 Å². The molecule has 4 rings (SSSR count). The minimum Gasteiger partial charge on any atom is -0.328 e. The molecule has 0 fully saturated rings. The molecule has 0 aliphatic carbocycles. The van der Waals surface area contributed by atoms with E-state index in [1.165, 1.54) is 49.9 Å². The van der Waals surface area contributed by atoms with Crippen LogP contribution >= 0.6 is 0 Å². The lowest BCUT2D eigenvalue weighted by Crippen LogP contribution is -2.48. The lowest BCUT2D eigenvalue weighted by molar-refractivity contribution is 0.876. The molecular weight excluding hydrogens is 380 g/mol. The first kappa shape index (κ1) is 20.5. The van der Waals surface area contributed by atoms with Crippen molar-refractivity contribution in [2.45, 2.75) is 47.3 Å². The number of hydrogen-bond acceptors (Lipinski definition) is 2. The van der Waals surface area contributed by atoms with Crippen molar-refractivity contribution in [1.82, 2.24) is 0 Å². The van der Waals surface area contributed by atoms with Crippen molar-refractivity contribution in [2.24, 2.45) is 0 Å². The van der Waals surface area contributed by atoms with Crippen LogP contribution in [0.25, 0.3) is 0 Å². The lowest BCUT2D eigenvalue weighted by Gasteiger charge is -2.36. The van der Waals surface area contributed by atoms with Crippen LogP contribution in [0.3, 0.4) is 0 Å². The number of anilines is 2. The normalized spacial score (nSPS) is 14.1. The summed E-state index contributed by atoms with van der Waals surface area (Å²) >= 11 is 0. The monoisotopic (exact) mass is 410 g/mol. The molecule has 0 atom stereocenters. The molecule has 3 aromatic rings. The molecule has 0 amide bonds. The van der Waals surface area contributed by atoms with Gasteiger partial charge < -0.3 is 9.80 Å². The van der Waals surface area contributed by atoms with E-state index in [1.54, 1.807) is 0 Å². The molecule has 3 heteroatoms. The van der Waals surface area contributed by atoms with E-state index >= 15 is 0 Å². The summed E-state index contributed by atoms with van der Waals surface area (Å²) in [6, 6.07) is 20.1. The molecule has 0 N–H and O–H groups in total. The predicted octanol–water partition coefficient (Wildman–Crippen LogP) is 5.65. The summed E-state index contributed by atoms with van der Waals surface area (Å²) in [6.07, 6.45) is 4.54. The summed E-state index contributed by atoms with van der Waals surface area (Å²) in [5.41, 5.74) is 10.6. The molecular formula is C27H30N2Si. The Balaban J connectivity index is 1.82. The van der Waals surface area contributed by atoms with Crippen LogP contribution in [-0.2, 0) is 0 Å². The van der Waals surface area contributed by atoms with Gasteiger partial charge >= 0.3 is 0 Å². The third kappa shape index (κ3) is 3.82. The van der Waals surface area contributed by atoms with Gasteiger partial charge in [0.05, 0.1) is 5.79 Å². The van der Waals surface area contributed by atoms with Crippen LogP contribution in [0, 0.1) is 41.5 Å². The van der Waals surface area contributed by atoms with E-state index in [1.807, 2.05) is 0 Å². The van der Waals surface area contributed by atoms with E-state index in [0.29, 0.717) is 9.52 Å². The van der Waals surface area contributed by atoms with Gasteiger partial charge in [-0.05, 0) is 63.8 Å². The molecule has 152 valence electrons. The summed E-state index contributed by atoms with van der Waals surface area (Å²) in [7, 11) is 0.639. The maximum absolute atomic E-state index is 2.48. The van der Waals surface area contributed by atoms with Gasteiger partial charge in [-0.3, -0.25) is 0 Å². The van der Waals surface area contributed by atoms with Crippen molar-refractivity contribution in [3.05, 3.63) is 100 Å². The second-order valence-electron chi connectivity index (χ2n) is 8.49. The fourth-order valence-corrected chi connectivity index (χ4v) is 6.21. The van der Waals surface area contributed by atoms with Crippen LogP contribution in [0.2, 0.25) is 0 Å². The van der Waals surface area contributed by atoms with E-state index in [9.17, 15) is 0 Å². The summed E-state index contributed by atoms with van der Waals surface area (Å²) < 4.78 is 0. The number of nitrogens with zero attached hydrogens (tertiary/aromatic N) is 2. The van der Waals surface area contributed by atoms with E-state index in [-0.39, 0.29) is 5.79 Å². The van der Waals surface area contributed by atoms with Crippen LogP contribution in [0.15, 0.2) is 67.0 Å². The van der Waals surface area contributed by atoms with Crippen molar-refractivity contribution in [3.8, 4) is 0 Å². The Kier molecular flexibility index (Phi) is 5.57. The van der Waals surface area contributed by atoms with Gasteiger partial charge in [-0.2, -0.15) is 0 Å². The molecule has 2 radical (unpaired) electrons. The van der Waals surface area contributed by atoms with Gasteiger partial charge in [0.15, 0.2) is 0 Å². The van der Waals surface area contributed by atoms with Crippen LogP contribution in [0.4, 0.5) is 11.4 Å². The highest BCUT2D eigenvalue weighted by Crippen LogP contribution is 2.36. The Morgan fingerprint density at radius 3 is 1.40 bits per heavy atom. The molecule has 0 aromatic heterocycles. The summed E-state index contributed by atoms with van der Waals surface area (Å²) in [5, 5.41) is 1.38. The molecule has 2 nitrogen and oxygen atoms in total. The van der Waals surface area contributed by atoms with Gasteiger partial charge in [-0.1, -0.05) is 70.9 Å². The summed E-state index contributed by atoms with van der Waals surface area (Å²) in [5.74, 6) is 0.229. The maximum Gasteiger partial charge on any atom is 0.139 e. The lowest BCUT2D eigenvalue weighted by atomic mass is 10.0. The van der Waals surface area contributed by atoms with Crippen molar-refractivity contribution in [2.75, 3.05) is 9.80 Å². The molecule has 0 saturated heterocycles. The fourth-order valence-electron chi connectivity index (χ4n) is 4.82. The topological polar surface area (TPSA) is 6.48 Å². The van der Waals surface area contributed by atoms with Crippen LogP contribution in [-0.4, -0.2) is 15.3 Å². The third-order valence-electron chi connectivity index (χ3n) is 5.77. The molecule has 30 heavy (non-hydrogen) atoms. The number of benzene rings is 3. The van der Waals surface area contributed by atoms with Gasteiger partial charge in [-0.15, -0.1) is 0 Å². The van der Waals surface area contributed by atoms with Crippen molar-refractivity contribution >= 4 is 26.1 Å². The highest BCUT2D eigenvalue weighted by molar-refractivity contribution is 6.56. The molecule has 1 aliphatic rings. The molecule has 0 spiro atoms. The minimum absolute atomic E-state index is 0.229. The molecule has 3 aromatic carbocycles. The Hall–Kier alpha value is -2.78. The second-order valence-corrected chi connectivity index (χ2v) is 9.87. The van der Waals surface area contributed by atoms with E-state index in [2.05, 4.69) is 118 Å². The van der Waals surface area contributed by atoms with Gasteiger partial charge in [0.2, 0.25) is 0 Å². The zero-order valence-corrected chi connectivity index (χ0v) is 19.8. The zero-order chi connectivity index (χ0) is 21.4. The first-order valence-electron chi connectivity index (χ1n) is 10.6. The summed E-state index contributed by atoms with van der Waals surface area (Å²) in [4.78, 5) is 4.96. The zero-order valence-electron chi connectivity index (χ0n) is 18.8. The first-order chi connectivity index (χ1) is 14.3. The quantitative estimate of drug-likeness (QED) is 0.513. The highest BCUT2D eigenvalue weighted by Gasteiger charge is 2.32. The average molecular weight is 411 g/mol. The van der Waals surface area contributed by atoms with Crippen molar-refractivity contribution < 1.29 is 0 Å². The smallest absolute Gasteiger partial charge is 0.139 e. The SMILES string of the molecule is Cc1cc(C)c(N2C=CN(c3c(C)cc(C)cc3C)C2[Si]c2ccccc2)c(C)c1. The van der Waals surface area contributed by atoms with E-state index < -0.39 is 0 Å². The number of hydrogen-bond donors (Lipinski definition) is 0. The van der Waals surface area contributed by atoms with Crippen LogP contribution in [0.5, 0.6) is 0 Å². The first-order valence-corrected chi connectivity index (χ1v) is 11.6. The highest BCUT2D eigenvalue weighted by atomic mass is 28.2. The van der Waals surface area contributed by atoms with Gasteiger partial charge in [0, 0.05) is 23.8 Å². The van der Waals surface area contributed by atoms with E-state index in [4.69, 9.17) is 0 Å². The number of aryl methyl sites for hydroxylation is 6. The number of rotatable bonds is 4. The Morgan fingerprint density at radius 2 is 1.00 bits per heavy atom. The van der Waals surface area contributed by atoms with Crippen molar-refractivity contribution in [1.29, 1.82) is 0 Å². The second kappa shape index (κ2) is 8.15. The largest absolute Gasteiger partial charge is 0.328 e. The summed E-state index contributed by atoms with van der Waals surface area (Å²) in [6.45, 7) is 13.3. The van der Waals surface area contributed by atoms with Gasteiger partial charge in [0.1, 0.15) is 9.52 Å².